The van der Waals surface area contributed by atoms with Crippen molar-refractivity contribution in [1.29, 1.82) is 0 Å². The zero-order valence-corrected chi connectivity index (χ0v) is 10.5. The van der Waals surface area contributed by atoms with Crippen molar-refractivity contribution in [2.24, 2.45) is 5.73 Å². The molecule has 16 heavy (non-hydrogen) atoms. The van der Waals surface area contributed by atoms with Crippen LogP contribution in [0.1, 0.15) is 18.4 Å². The number of rotatable bonds is 4. The third kappa shape index (κ3) is 3.03. The van der Waals surface area contributed by atoms with Gasteiger partial charge in [0, 0.05) is 0 Å². The Morgan fingerprint density at radius 3 is 2.56 bits per heavy atom. The number of methoxy groups -OCH3 is 1. The van der Waals surface area contributed by atoms with E-state index in [9.17, 15) is 0 Å². The summed E-state index contributed by atoms with van der Waals surface area (Å²) in [6, 6.07) is 5.80. The highest BCUT2D eigenvalue weighted by atomic mass is 35.5. The Balaban J connectivity index is 0.00000128. The fraction of sp³-hybridized carbons (Fsp3) is 0.500. The van der Waals surface area contributed by atoms with Gasteiger partial charge < -0.3 is 15.2 Å². The van der Waals surface area contributed by atoms with Crippen LogP contribution in [0.15, 0.2) is 18.2 Å². The van der Waals surface area contributed by atoms with E-state index in [1.165, 1.54) is 0 Å². The molecule has 0 aromatic heterocycles. The third-order valence-electron chi connectivity index (χ3n) is 2.79. The highest BCUT2D eigenvalue weighted by molar-refractivity contribution is 5.85. The van der Waals surface area contributed by atoms with Crippen LogP contribution in [0.25, 0.3) is 0 Å². The summed E-state index contributed by atoms with van der Waals surface area (Å²) in [6.07, 6.45) is 2.14. The lowest BCUT2D eigenvalue weighted by Crippen LogP contribution is -2.29. The maximum Gasteiger partial charge on any atom is 0.122 e. The first-order chi connectivity index (χ1) is 7.13. The van der Waals surface area contributed by atoms with Gasteiger partial charge in [0.25, 0.3) is 0 Å². The molecule has 0 atom stereocenters. The molecule has 0 bridgehead atoms. The molecule has 0 unspecified atom stereocenters. The topological polar surface area (TPSA) is 44.5 Å². The van der Waals surface area contributed by atoms with Crippen LogP contribution >= 0.6 is 12.4 Å². The standard InChI is InChI=1S/C12H17NO2.ClH/c1-9-7-10(14-2)3-4-11(9)15-8-12(13)5-6-12;/h3-4,7H,5-6,8,13H2,1-2H3;1H. The van der Waals surface area contributed by atoms with Gasteiger partial charge in [0.2, 0.25) is 0 Å². The first-order valence-corrected chi connectivity index (χ1v) is 5.19. The maximum absolute atomic E-state index is 5.95. The highest BCUT2D eigenvalue weighted by Gasteiger charge is 2.39. The van der Waals surface area contributed by atoms with Crippen LogP contribution in [0, 0.1) is 6.92 Å². The van der Waals surface area contributed by atoms with Gasteiger partial charge in [0.15, 0.2) is 0 Å². The van der Waals surface area contributed by atoms with Crippen molar-refractivity contribution < 1.29 is 9.47 Å². The summed E-state index contributed by atoms with van der Waals surface area (Å²) >= 11 is 0. The van der Waals surface area contributed by atoms with Gasteiger partial charge in [-0.3, -0.25) is 0 Å². The fourth-order valence-electron chi connectivity index (χ4n) is 1.44. The lowest BCUT2D eigenvalue weighted by atomic mass is 10.2. The highest BCUT2D eigenvalue weighted by Crippen LogP contribution is 2.33. The van der Waals surface area contributed by atoms with E-state index >= 15 is 0 Å². The van der Waals surface area contributed by atoms with Gasteiger partial charge >= 0.3 is 0 Å². The lowest BCUT2D eigenvalue weighted by molar-refractivity contribution is 0.277. The molecule has 90 valence electrons. The summed E-state index contributed by atoms with van der Waals surface area (Å²) in [5.74, 6) is 1.75. The monoisotopic (exact) mass is 243 g/mol. The summed E-state index contributed by atoms with van der Waals surface area (Å²) in [5.41, 5.74) is 6.97. The first kappa shape index (κ1) is 13.1. The number of halogens is 1. The fourth-order valence-corrected chi connectivity index (χ4v) is 1.44. The average Bonchev–Trinajstić information content (AvgIpc) is 2.95. The first-order valence-electron chi connectivity index (χ1n) is 5.19. The van der Waals surface area contributed by atoms with Crippen LogP contribution in [0.3, 0.4) is 0 Å². The summed E-state index contributed by atoms with van der Waals surface area (Å²) in [7, 11) is 1.66. The molecule has 0 heterocycles. The number of nitrogens with two attached hydrogens (primary N) is 1. The molecule has 0 aliphatic heterocycles. The number of ether oxygens (including phenoxy) is 2. The summed E-state index contributed by atoms with van der Waals surface area (Å²) < 4.78 is 10.8. The van der Waals surface area contributed by atoms with E-state index in [-0.39, 0.29) is 17.9 Å². The molecular weight excluding hydrogens is 226 g/mol. The van der Waals surface area contributed by atoms with Crippen molar-refractivity contribution in [1.82, 2.24) is 0 Å². The Kier molecular flexibility index (Phi) is 4.05. The van der Waals surface area contributed by atoms with Gasteiger partial charge in [-0.1, -0.05) is 0 Å². The van der Waals surface area contributed by atoms with Crippen LogP contribution in [-0.4, -0.2) is 19.3 Å². The Hall–Kier alpha value is -0.930. The van der Waals surface area contributed by atoms with E-state index < -0.39 is 0 Å². The molecule has 1 saturated carbocycles. The zero-order chi connectivity index (χ0) is 10.9. The molecule has 0 amide bonds. The van der Waals surface area contributed by atoms with Crippen LogP contribution in [0.4, 0.5) is 0 Å². The van der Waals surface area contributed by atoms with Gasteiger partial charge in [-0.15, -0.1) is 12.4 Å². The van der Waals surface area contributed by atoms with Crippen molar-refractivity contribution in [3.05, 3.63) is 23.8 Å². The lowest BCUT2D eigenvalue weighted by Gasteiger charge is -2.13. The van der Waals surface area contributed by atoms with Crippen LogP contribution in [0.2, 0.25) is 0 Å². The van der Waals surface area contributed by atoms with E-state index in [0.717, 1.165) is 29.9 Å². The molecule has 4 heteroatoms. The Bertz CT molecular complexity index is 364. The molecule has 3 nitrogen and oxygen atoms in total. The number of aryl methyl sites for hydroxylation is 1. The molecule has 0 radical (unpaired) electrons. The van der Waals surface area contributed by atoms with Crippen molar-refractivity contribution in [3.8, 4) is 11.5 Å². The van der Waals surface area contributed by atoms with E-state index in [1.807, 2.05) is 25.1 Å². The molecule has 1 fully saturated rings. The minimum Gasteiger partial charge on any atom is -0.497 e. The molecule has 0 saturated heterocycles. The average molecular weight is 244 g/mol. The maximum atomic E-state index is 5.95. The molecule has 1 aliphatic rings. The van der Waals surface area contributed by atoms with E-state index in [4.69, 9.17) is 15.2 Å². The number of hydrogen-bond donors (Lipinski definition) is 1. The second kappa shape index (κ2) is 4.93. The number of benzene rings is 1. The van der Waals surface area contributed by atoms with E-state index in [2.05, 4.69) is 0 Å². The Labute approximate surface area is 102 Å². The Morgan fingerprint density at radius 2 is 2.06 bits per heavy atom. The summed E-state index contributed by atoms with van der Waals surface area (Å²) in [5, 5.41) is 0. The van der Waals surface area contributed by atoms with Crippen molar-refractivity contribution in [3.63, 3.8) is 0 Å². The predicted octanol–water partition coefficient (Wildman–Crippen LogP) is 2.30. The number of hydrogen-bond acceptors (Lipinski definition) is 3. The SMILES string of the molecule is COc1ccc(OCC2(N)CC2)c(C)c1.Cl. The minimum absolute atomic E-state index is 0. The zero-order valence-electron chi connectivity index (χ0n) is 9.66. The molecule has 1 aromatic rings. The largest absolute Gasteiger partial charge is 0.497 e. The second-order valence-corrected chi connectivity index (χ2v) is 4.28. The van der Waals surface area contributed by atoms with Gasteiger partial charge in [0.1, 0.15) is 18.1 Å². The minimum atomic E-state index is -0.0631. The molecule has 1 aromatic carbocycles. The molecule has 0 spiro atoms. The van der Waals surface area contributed by atoms with Gasteiger partial charge in [-0.05, 0) is 43.5 Å². The van der Waals surface area contributed by atoms with Crippen molar-refractivity contribution in [2.75, 3.05) is 13.7 Å². The third-order valence-corrected chi connectivity index (χ3v) is 2.79. The smallest absolute Gasteiger partial charge is 0.122 e. The van der Waals surface area contributed by atoms with Gasteiger partial charge in [-0.25, -0.2) is 0 Å². The summed E-state index contributed by atoms with van der Waals surface area (Å²) in [6.45, 7) is 2.62. The quantitative estimate of drug-likeness (QED) is 0.883. The normalized spacial score (nSPS) is 16.2. The van der Waals surface area contributed by atoms with Crippen molar-refractivity contribution >= 4 is 12.4 Å². The van der Waals surface area contributed by atoms with Gasteiger partial charge in [0.05, 0.1) is 12.6 Å². The van der Waals surface area contributed by atoms with Crippen LogP contribution < -0.4 is 15.2 Å². The Morgan fingerprint density at radius 1 is 1.38 bits per heavy atom. The molecule has 2 N–H and O–H groups in total. The molecule has 1 aliphatic carbocycles. The van der Waals surface area contributed by atoms with Crippen LogP contribution in [0.5, 0.6) is 11.5 Å². The predicted molar refractivity (Wildman–Crippen MR) is 66.6 cm³/mol. The van der Waals surface area contributed by atoms with Gasteiger partial charge in [-0.2, -0.15) is 0 Å². The molecular formula is C12H18ClNO2. The summed E-state index contributed by atoms with van der Waals surface area (Å²) in [4.78, 5) is 0. The van der Waals surface area contributed by atoms with Crippen LogP contribution in [-0.2, 0) is 0 Å². The van der Waals surface area contributed by atoms with E-state index in [1.54, 1.807) is 7.11 Å². The van der Waals surface area contributed by atoms with Crippen molar-refractivity contribution in [2.45, 2.75) is 25.3 Å². The molecule has 2 rings (SSSR count). The van der Waals surface area contributed by atoms with E-state index in [0.29, 0.717) is 6.61 Å². The second-order valence-electron chi connectivity index (χ2n) is 4.28.